The molecule has 0 saturated heterocycles. The molecule has 1 aromatic carbocycles. The van der Waals surface area contributed by atoms with E-state index in [4.69, 9.17) is 10.5 Å². The number of ether oxygens (including phenoxy) is 1. The van der Waals surface area contributed by atoms with E-state index in [0.29, 0.717) is 0 Å². The van der Waals surface area contributed by atoms with Crippen LogP contribution in [0.25, 0.3) is 0 Å². The van der Waals surface area contributed by atoms with E-state index < -0.39 is 60.1 Å². The number of aliphatic imine (C=N–C) groups is 1. The molecule has 0 fully saturated rings. The number of nitrogens with zero attached hydrogens (tertiary/aromatic N) is 3. The Morgan fingerprint density at radius 3 is 2.60 bits per heavy atom. The summed E-state index contributed by atoms with van der Waals surface area (Å²) in [6, 6.07) is 2.69. The van der Waals surface area contributed by atoms with Gasteiger partial charge in [-0.15, -0.1) is 0 Å². The summed E-state index contributed by atoms with van der Waals surface area (Å²) in [4.78, 5) is 23.4. The van der Waals surface area contributed by atoms with Crippen molar-refractivity contribution < 1.29 is 31.5 Å². The summed E-state index contributed by atoms with van der Waals surface area (Å²) in [7, 11) is 1.36. The summed E-state index contributed by atoms with van der Waals surface area (Å²) < 4.78 is 76.5. The minimum Gasteiger partial charge on any atom is -0.480 e. The maximum absolute atomic E-state index is 14.6. The lowest BCUT2D eigenvalue weighted by Crippen LogP contribution is -2.54. The lowest BCUT2D eigenvalue weighted by molar-refractivity contribution is -0.145. The number of hydrogen-bond acceptors (Lipinski definition) is 6. The number of benzene rings is 1. The number of amidine groups is 1. The van der Waals surface area contributed by atoms with Crippen molar-refractivity contribution in [3.05, 3.63) is 53.2 Å². The van der Waals surface area contributed by atoms with Crippen LogP contribution in [-0.2, 0) is 12.0 Å². The summed E-state index contributed by atoms with van der Waals surface area (Å²) in [6.45, 7) is 0. The average Bonchev–Trinajstić information content (AvgIpc) is 2.71. The number of methoxy groups -OCH3 is 1. The first-order valence-corrected chi connectivity index (χ1v) is 8.79. The average molecular weight is 428 g/mol. The van der Waals surface area contributed by atoms with Crippen LogP contribution in [0.3, 0.4) is 0 Å². The van der Waals surface area contributed by atoms with Crippen molar-refractivity contribution in [3.63, 3.8) is 0 Å². The molecule has 0 aliphatic carbocycles. The first-order chi connectivity index (χ1) is 14.1. The largest absolute Gasteiger partial charge is 0.480 e. The molecule has 11 heteroatoms. The molecule has 1 aliphatic heterocycles. The molecule has 1 atom stereocenters. The van der Waals surface area contributed by atoms with Gasteiger partial charge in [-0.3, -0.25) is 4.79 Å². The van der Waals surface area contributed by atoms with Crippen LogP contribution in [0.2, 0.25) is 0 Å². The van der Waals surface area contributed by atoms with Gasteiger partial charge in [0.05, 0.1) is 25.3 Å². The zero-order valence-electron chi connectivity index (χ0n) is 15.7. The second-order valence-electron chi connectivity index (χ2n) is 6.73. The summed E-state index contributed by atoms with van der Waals surface area (Å²) >= 11 is 0. The highest BCUT2D eigenvalue weighted by molar-refractivity contribution is 5.95. The van der Waals surface area contributed by atoms with Gasteiger partial charge in [0.2, 0.25) is 11.4 Å². The Balaban J connectivity index is 2.01. The molecule has 0 amide bonds. The number of carbonyl (C=O) groups excluding carboxylic acids is 1. The highest BCUT2D eigenvalue weighted by atomic mass is 19.3. The molecular formula is C19H17F5N4O2. The lowest BCUT2D eigenvalue weighted by atomic mass is 9.79. The van der Waals surface area contributed by atoms with Crippen molar-refractivity contribution in [3.8, 4) is 5.88 Å². The number of rotatable bonds is 6. The van der Waals surface area contributed by atoms with E-state index in [2.05, 4.69) is 15.0 Å². The molecule has 6 nitrogen and oxygen atoms in total. The topological polar surface area (TPSA) is 90.5 Å². The summed E-state index contributed by atoms with van der Waals surface area (Å²) in [5.41, 5.74) is 0.937. The third-order valence-corrected chi connectivity index (χ3v) is 4.82. The van der Waals surface area contributed by atoms with Crippen LogP contribution in [-0.4, -0.2) is 41.0 Å². The van der Waals surface area contributed by atoms with Gasteiger partial charge < -0.3 is 10.5 Å². The number of ketones is 1. The molecule has 1 aromatic heterocycles. The van der Waals surface area contributed by atoms with Crippen molar-refractivity contribution in [1.82, 2.24) is 9.97 Å². The summed E-state index contributed by atoms with van der Waals surface area (Å²) in [5, 5.41) is 0. The Kier molecular flexibility index (Phi) is 5.73. The van der Waals surface area contributed by atoms with Gasteiger partial charge >= 0.3 is 0 Å². The van der Waals surface area contributed by atoms with Crippen LogP contribution < -0.4 is 10.5 Å². The molecule has 3 rings (SSSR count). The van der Waals surface area contributed by atoms with Crippen molar-refractivity contribution in [2.75, 3.05) is 7.11 Å². The quantitative estimate of drug-likeness (QED) is 0.563. The van der Waals surface area contributed by atoms with Gasteiger partial charge in [0.15, 0.2) is 5.78 Å². The minimum absolute atomic E-state index is 0.0317. The highest BCUT2D eigenvalue weighted by Crippen LogP contribution is 2.51. The standard InChI is InChI=1S/C19H17F5N4O2/c1-30-16-9-26-13(8-27-16)14(29)7-10-2-3-12(20)11(6-10)19(17(21)22)18(23,24)5-4-15(25)28-19/h2-3,6,8-9,17H,4-5,7H2,1H3,(H2,25,28)/t19-/m0/s1. The van der Waals surface area contributed by atoms with Crippen molar-refractivity contribution in [1.29, 1.82) is 0 Å². The first-order valence-electron chi connectivity index (χ1n) is 8.79. The Hall–Kier alpha value is -3.11. The van der Waals surface area contributed by atoms with E-state index in [9.17, 15) is 26.7 Å². The SMILES string of the molecule is COc1cnc(C(=O)Cc2ccc(F)c([C@@]3(C(F)F)N=C(N)CCC3(F)F)c2)cn1. The second-order valence-corrected chi connectivity index (χ2v) is 6.73. The molecule has 30 heavy (non-hydrogen) atoms. The zero-order valence-corrected chi connectivity index (χ0v) is 15.7. The van der Waals surface area contributed by atoms with E-state index in [-0.39, 0.29) is 17.1 Å². The molecule has 2 aromatic rings. The fourth-order valence-corrected chi connectivity index (χ4v) is 3.24. The molecule has 2 N–H and O–H groups in total. The molecule has 1 aliphatic rings. The number of carbonyl (C=O) groups is 1. The summed E-state index contributed by atoms with van der Waals surface area (Å²) in [5.74, 6) is -6.17. The van der Waals surface area contributed by atoms with Crippen LogP contribution in [0, 0.1) is 5.82 Å². The smallest absolute Gasteiger partial charge is 0.283 e. The van der Waals surface area contributed by atoms with Crippen LogP contribution in [0.5, 0.6) is 5.88 Å². The number of hydrogen-bond donors (Lipinski definition) is 1. The molecule has 0 bridgehead atoms. The first kappa shape index (κ1) is 21.6. The number of nitrogens with two attached hydrogens (primary N) is 1. The highest BCUT2D eigenvalue weighted by Gasteiger charge is 2.63. The van der Waals surface area contributed by atoms with Gasteiger partial charge in [0.1, 0.15) is 11.5 Å². The van der Waals surface area contributed by atoms with Crippen molar-refractivity contribution in [2.45, 2.75) is 37.1 Å². The molecule has 160 valence electrons. The normalized spacial score (nSPS) is 20.7. The number of alkyl halides is 4. The fourth-order valence-electron chi connectivity index (χ4n) is 3.24. The van der Waals surface area contributed by atoms with E-state index in [0.717, 1.165) is 24.4 Å². The monoisotopic (exact) mass is 428 g/mol. The molecular weight excluding hydrogens is 411 g/mol. The third-order valence-electron chi connectivity index (χ3n) is 4.82. The van der Waals surface area contributed by atoms with Gasteiger partial charge in [0, 0.05) is 24.8 Å². The molecule has 0 saturated carbocycles. The fraction of sp³-hybridized carbons (Fsp3) is 0.368. The van der Waals surface area contributed by atoms with Crippen molar-refractivity contribution in [2.24, 2.45) is 10.7 Å². The van der Waals surface area contributed by atoms with Crippen LogP contribution in [0.1, 0.15) is 34.5 Å². The maximum atomic E-state index is 14.6. The predicted octanol–water partition coefficient (Wildman–Crippen LogP) is 3.30. The molecule has 0 spiro atoms. The minimum atomic E-state index is -4.05. The third kappa shape index (κ3) is 3.71. The van der Waals surface area contributed by atoms with E-state index in [1.165, 1.54) is 13.3 Å². The van der Waals surface area contributed by atoms with Crippen LogP contribution >= 0.6 is 0 Å². The Morgan fingerprint density at radius 1 is 1.27 bits per heavy atom. The second kappa shape index (κ2) is 7.96. The van der Waals surface area contributed by atoms with Gasteiger partial charge in [-0.2, -0.15) is 0 Å². The Bertz CT molecular complexity index is 981. The molecule has 2 heterocycles. The van der Waals surface area contributed by atoms with E-state index in [1.54, 1.807) is 0 Å². The Morgan fingerprint density at radius 2 is 2.00 bits per heavy atom. The van der Waals surface area contributed by atoms with Gasteiger partial charge in [0.25, 0.3) is 12.3 Å². The zero-order chi connectivity index (χ0) is 22.1. The van der Waals surface area contributed by atoms with Crippen molar-refractivity contribution >= 4 is 11.6 Å². The predicted molar refractivity (Wildman–Crippen MR) is 96.5 cm³/mol. The number of halogens is 5. The van der Waals surface area contributed by atoms with Gasteiger partial charge in [-0.05, 0) is 17.7 Å². The van der Waals surface area contributed by atoms with Gasteiger partial charge in [-0.1, -0.05) is 6.07 Å². The number of Topliss-reactive ketones (excluding diaryl/α,β-unsaturated/α-hetero) is 1. The summed E-state index contributed by atoms with van der Waals surface area (Å²) in [6.07, 6.45) is -3.19. The van der Waals surface area contributed by atoms with Crippen LogP contribution in [0.4, 0.5) is 22.0 Å². The van der Waals surface area contributed by atoms with Gasteiger partial charge in [-0.25, -0.2) is 36.9 Å². The van der Waals surface area contributed by atoms with Crippen LogP contribution in [0.15, 0.2) is 35.6 Å². The van der Waals surface area contributed by atoms with E-state index >= 15 is 0 Å². The molecule has 0 unspecified atom stereocenters. The van der Waals surface area contributed by atoms with E-state index in [1.807, 2.05) is 0 Å². The lowest BCUT2D eigenvalue weighted by Gasteiger charge is -2.40. The maximum Gasteiger partial charge on any atom is 0.283 e. The molecule has 0 radical (unpaired) electrons. The Labute approximate surface area is 168 Å². The number of aromatic nitrogens is 2.